The third-order valence-electron chi connectivity index (χ3n) is 3.92. The van der Waals surface area contributed by atoms with Crippen LogP contribution >= 0.6 is 0 Å². The Bertz CT molecular complexity index is 344. The maximum absolute atomic E-state index is 12.8. The molecule has 3 heteroatoms. The van der Waals surface area contributed by atoms with Gasteiger partial charge in [0.15, 0.2) is 0 Å². The molecule has 0 saturated heterocycles. The predicted molar refractivity (Wildman–Crippen MR) is 71.8 cm³/mol. The summed E-state index contributed by atoms with van der Waals surface area (Å²) < 4.78 is 12.8. The van der Waals surface area contributed by atoms with Crippen LogP contribution in [0, 0.1) is 11.7 Å². The van der Waals surface area contributed by atoms with E-state index in [4.69, 9.17) is 0 Å². The summed E-state index contributed by atoms with van der Waals surface area (Å²) in [6, 6.07) is 3.43. The molecule has 2 nitrogen and oxygen atoms in total. The molecule has 0 amide bonds. The number of aromatic nitrogens is 1. The van der Waals surface area contributed by atoms with E-state index >= 15 is 0 Å². The van der Waals surface area contributed by atoms with Gasteiger partial charge in [0.1, 0.15) is 5.82 Å². The third-order valence-corrected chi connectivity index (χ3v) is 3.92. The fourth-order valence-electron chi connectivity index (χ4n) is 2.73. The topological polar surface area (TPSA) is 24.9 Å². The van der Waals surface area contributed by atoms with Gasteiger partial charge in [-0.1, -0.05) is 32.1 Å². The van der Waals surface area contributed by atoms with Crippen molar-refractivity contribution in [3.8, 4) is 0 Å². The molecule has 1 aromatic heterocycles. The highest BCUT2D eigenvalue weighted by Crippen LogP contribution is 2.26. The molecule has 0 spiro atoms. The Morgan fingerprint density at radius 1 is 1.33 bits per heavy atom. The number of halogens is 1. The summed E-state index contributed by atoms with van der Waals surface area (Å²) in [5.74, 6) is 0.632. The highest BCUT2D eigenvalue weighted by molar-refractivity contribution is 5.08. The highest BCUT2D eigenvalue weighted by atomic mass is 19.1. The second kappa shape index (κ2) is 6.83. The lowest BCUT2D eigenvalue weighted by molar-refractivity contribution is 0.329. The molecule has 0 radical (unpaired) electrons. The first-order valence-electron chi connectivity index (χ1n) is 7.10. The summed E-state index contributed by atoms with van der Waals surface area (Å²) in [6.07, 6.45) is 9.55. The molecule has 2 rings (SSSR count). The monoisotopic (exact) mass is 250 g/mol. The van der Waals surface area contributed by atoms with E-state index in [2.05, 4.69) is 17.2 Å². The molecule has 1 aliphatic rings. The standard InChI is InChI=1S/C15H23FN2/c1-12(15-8-7-14(16)11-18-15)17-10-9-13-5-3-2-4-6-13/h7-8,11-13,17H,2-6,9-10H2,1H3. The lowest BCUT2D eigenvalue weighted by atomic mass is 9.87. The Morgan fingerprint density at radius 2 is 2.11 bits per heavy atom. The molecular weight excluding hydrogens is 227 g/mol. The van der Waals surface area contributed by atoms with Gasteiger partial charge >= 0.3 is 0 Å². The van der Waals surface area contributed by atoms with Crippen molar-refractivity contribution < 1.29 is 4.39 Å². The van der Waals surface area contributed by atoms with Crippen LogP contribution in [0.2, 0.25) is 0 Å². The first-order chi connectivity index (χ1) is 8.75. The molecule has 18 heavy (non-hydrogen) atoms. The minimum absolute atomic E-state index is 0.203. The van der Waals surface area contributed by atoms with E-state index < -0.39 is 0 Å². The molecule has 100 valence electrons. The molecule has 1 saturated carbocycles. The number of nitrogens with one attached hydrogen (secondary N) is 1. The van der Waals surface area contributed by atoms with E-state index in [0.717, 1.165) is 18.2 Å². The van der Waals surface area contributed by atoms with Gasteiger partial charge in [-0.05, 0) is 37.9 Å². The molecule has 1 aromatic rings. The minimum Gasteiger partial charge on any atom is -0.309 e. The first kappa shape index (κ1) is 13.5. The summed E-state index contributed by atoms with van der Waals surface area (Å²) in [5, 5.41) is 3.48. The summed E-state index contributed by atoms with van der Waals surface area (Å²) >= 11 is 0. The van der Waals surface area contributed by atoms with Crippen LogP contribution in [0.1, 0.15) is 57.2 Å². The molecule has 1 N–H and O–H groups in total. The SMILES string of the molecule is CC(NCCC1CCCCC1)c1ccc(F)cn1. The number of hydrogen-bond donors (Lipinski definition) is 1. The average Bonchev–Trinajstić information content (AvgIpc) is 2.40. The van der Waals surface area contributed by atoms with Gasteiger partial charge in [-0.3, -0.25) is 4.98 Å². The quantitative estimate of drug-likeness (QED) is 0.858. The Morgan fingerprint density at radius 3 is 2.78 bits per heavy atom. The van der Waals surface area contributed by atoms with Crippen molar-refractivity contribution in [2.75, 3.05) is 6.54 Å². The Kier molecular flexibility index (Phi) is 5.12. The van der Waals surface area contributed by atoms with Crippen LogP contribution in [0.3, 0.4) is 0 Å². The van der Waals surface area contributed by atoms with Crippen LogP contribution in [-0.2, 0) is 0 Å². The van der Waals surface area contributed by atoms with Gasteiger partial charge in [-0.25, -0.2) is 4.39 Å². The van der Waals surface area contributed by atoms with Crippen molar-refractivity contribution in [1.29, 1.82) is 0 Å². The van der Waals surface area contributed by atoms with Gasteiger partial charge in [-0.15, -0.1) is 0 Å². The Labute approximate surface area is 109 Å². The smallest absolute Gasteiger partial charge is 0.141 e. The lowest BCUT2D eigenvalue weighted by Crippen LogP contribution is -2.23. The molecule has 1 unspecified atom stereocenters. The van der Waals surface area contributed by atoms with Gasteiger partial charge in [-0.2, -0.15) is 0 Å². The van der Waals surface area contributed by atoms with Gasteiger partial charge in [0.05, 0.1) is 11.9 Å². The second-order valence-electron chi connectivity index (χ2n) is 5.37. The maximum Gasteiger partial charge on any atom is 0.141 e. The van der Waals surface area contributed by atoms with Crippen molar-refractivity contribution in [3.05, 3.63) is 29.8 Å². The number of nitrogens with zero attached hydrogens (tertiary/aromatic N) is 1. The van der Waals surface area contributed by atoms with E-state index in [1.807, 2.05) is 0 Å². The van der Waals surface area contributed by atoms with Gasteiger partial charge < -0.3 is 5.32 Å². The highest BCUT2D eigenvalue weighted by Gasteiger charge is 2.13. The minimum atomic E-state index is -0.270. The molecule has 1 aliphatic carbocycles. The van der Waals surface area contributed by atoms with Crippen molar-refractivity contribution in [2.45, 2.75) is 51.5 Å². The zero-order chi connectivity index (χ0) is 12.8. The van der Waals surface area contributed by atoms with Crippen LogP contribution in [0.5, 0.6) is 0 Å². The summed E-state index contributed by atoms with van der Waals surface area (Å²) in [7, 11) is 0. The van der Waals surface area contributed by atoms with Crippen molar-refractivity contribution >= 4 is 0 Å². The van der Waals surface area contributed by atoms with Crippen LogP contribution in [0.25, 0.3) is 0 Å². The number of hydrogen-bond acceptors (Lipinski definition) is 2. The fraction of sp³-hybridized carbons (Fsp3) is 0.667. The number of pyridine rings is 1. The van der Waals surface area contributed by atoms with E-state index in [1.54, 1.807) is 6.07 Å². The van der Waals surface area contributed by atoms with Crippen molar-refractivity contribution in [2.24, 2.45) is 5.92 Å². The van der Waals surface area contributed by atoms with Crippen LogP contribution in [0.15, 0.2) is 18.3 Å². The fourth-order valence-corrected chi connectivity index (χ4v) is 2.73. The average molecular weight is 250 g/mol. The Balaban J connectivity index is 1.70. The second-order valence-corrected chi connectivity index (χ2v) is 5.37. The van der Waals surface area contributed by atoms with E-state index in [0.29, 0.717) is 0 Å². The van der Waals surface area contributed by atoms with Gasteiger partial charge in [0.2, 0.25) is 0 Å². The molecule has 0 aliphatic heterocycles. The Hall–Kier alpha value is -0.960. The molecule has 0 bridgehead atoms. The van der Waals surface area contributed by atoms with Crippen LogP contribution in [-0.4, -0.2) is 11.5 Å². The molecular formula is C15H23FN2. The summed E-state index contributed by atoms with van der Waals surface area (Å²) in [4.78, 5) is 4.11. The summed E-state index contributed by atoms with van der Waals surface area (Å²) in [6.45, 7) is 3.12. The molecule has 1 heterocycles. The van der Waals surface area contributed by atoms with Crippen LogP contribution < -0.4 is 5.32 Å². The molecule has 1 fully saturated rings. The normalized spacial score (nSPS) is 18.8. The van der Waals surface area contributed by atoms with Gasteiger partial charge in [0, 0.05) is 6.04 Å². The summed E-state index contributed by atoms with van der Waals surface area (Å²) in [5.41, 5.74) is 0.917. The largest absolute Gasteiger partial charge is 0.309 e. The molecule has 1 atom stereocenters. The maximum atomic E-state index is 12.8. The van der Waals surface area contributed by atoms with Crippen LogP contribution in [0.4, 0.5) is 4.39 Å². The zero-order valence-corrected chi connectivity index (χ0v) is 11.2. The van der Waals surface area contributed by atoms with Crippen molar-refractivity contribution in [1.82, 2.24) is 10.3 Å². The molecule has 0 aromatic carbocycles. The van der Waals surface area contributed by atoms with Gasteiger partial charge in [0.25, 0.3) is 0 Å². The predicted octanol–water partition coefficient (Wildman–Crippen LogP) is 3.84. The third kappa shape index (κ3) is 4.05. The van der Waals surface area contributed by atoms with E-state index in [-0.39, 0.29) is 11.9 Å². The zero-order valence-electron chi connectivity index (χ0n) is 11.2. The van der Waals surface area contributed by atoms with E-state index in [1.165, 1.54) is 50.8 Å². The number of rotatable bonds is 5. The first-order valence-corrected chi connectivity index (χ1v) is 7.10. The van der Waals surface area contributed by atoms with Crippen molar-refractivity contribution in [3.63, 3.8) is 0 Å². The van der Waals surface area contributed by atoms with E-state index in [9.17, 15) is 4.39 Å². The lowest BCUT2D eigenvalue weighted by Gasteiger charge is -2.22.